The number of ether oxygens (including phenoxy) is 1. The lowest BCUT2D eigenvalue weighted by Crippen LogP contribution is -2.17. The molecule has 2 aromatic carbocycles. The van der Waals surface area contributed by atoms with Crippen LogP contribution in [0.5, 0.6) is 11.5 Å². The second-order valence-electron chi connectivity index (χ2n) is 7.19. The van der Waals surface area contributed by atoms with Crippen LogP contribution in [0.2, 0.25) is 0 Å². The number of benzene rings is 2. The van der Waals surface area contributed by atoms with Crippen LogP contribution in [0, 0.1) is 41.5 Å². The van der Waals surface area contributed by atoms with Gasteiger partial charge in [0.1, 0.15) is 11.5 Å². The van der Waals surface area contributed by atoms with E-state index in [-0.39, 0.29) is 33.8 Å². The molecule has 2 rings (SSSR count). The van der Waals surface area contributed by atoms with Gasteiger partial charge in [-0.25, -0.2) is 18.4 Å². The third-order valence-corrected chi connectivity index (χ3v) is 5.41. The van der Waals surface area contributed by atoms with Gasteiger partial charge in [-0.2, -0.15) is 0 Å². The maximum Gasteiger partial charge on any atom is 0.344 e. The number of aryl methyl sites for hydroxylation is 1. The number of carbonyl (C=O) groups is 2. The Labute approximate surface area is 167 Å². The quantitative estimate of drug-likeness (QED) is 0.541. The highest BCUT2D eigenvalue weighted by Gasteiger charge is 2.25. The van der Waals surface area contributed by atoms with Crippen LogP contribution < -0.4 is 4.74 Å². The molecule has 0 atom stereocenters. The van der Waals surface area contributed by atoms with Crippen molar-refractivity contribution in [3.63, 3.8) is 0 Å². The van der Waals surface area contributed by atoms with E-state index in [2.05, 4.69) is 0 Å². The van der Waals surface area contributed by atoms with Crippen LogP contribution in [-0.2, 0) is 6.42 Å². The average molecular weight is 406 g/mol. The van der Waals surface area contributed by atoms with Crippen molar-refractivity contribution in [3.05, 3.63) is 56.1 Å². The minimum Gasteiger partial charge on any atom is -0.508 e. The van der Waals surface area contributed by atoms with E-state index >= 15 is 0 Å². The Morgan fingerprint density at radius 1 is 0.931 bits per heavy atom. The molecule has 156 valence electrons. The minimum absolute atomic E-state index is 0.000389. The fourth-order valence-electron chi connectivity index (χ4n) is 3.62. The molecule has 0 heterocycles. The first-order valence-corrected chi connectivity index (χ1v) is 9.04. The maximum atomic E-state index is 12.9. The first kappa shape index (κ1) is 22.3. The second-order valence-corrected chi connectivity index (χ2v) is 7.19. The van der Waals surface area contributed by atoms with Gasteiger partial charge in [0.2, 0.25) is 6.43 Å². The molecule has 2 aromatic rings. The van der Waals surface area contributed by atoms with Crippen molar-refractivity contribution in [1.82, 2.24) is 0 Å². The lowest BCUT2D eigenvalue weighted by atomic mass is 9.92. The Balaban J connectivity index is 2.58. The molecular weight excluding hydrogens is 382 g/mol. The number of alkyl halides is 2. The normalized spacial score (nSPS) is 11.1. The SMILES string of the molecule is Cc1cc(O)c(CC(F)F)c(C)c1C(=O)Oc1c(C)c(C)c(C(=O)O)c(C)c1C. The van der Waals surface area contributed by atoms with Gasteiger partial charge < -0.3 is 14.9 Å². The van der Waals surface area contributed by atoms with Gasteiger partial charge in [-0.1, -0.05) is 0 Å². The topological polar surface area (TPSA) is 83.8 Å². The van der Waals surface area contributed by atoms with E-state index in [0.29, 0.717) is 27.8 Å². The summed E-state index contributed by atoms with van der Waals surface area (Å²) in [4.78, 5) is 24.5. The van der Waals surface area contributed by atoms with E-state index in [4.69, 9.17) is 4.74 Å². The van der Waals surface area contributed by atoms with Crippen molar-refractivity contribution in [2.75, 3.05) is 0 Å². The Morgan fingerprint density at radius 2 is 1.45 bits per heavy atom. The van der Waals surface area contributed by atoms with Crippen molar-refractivity contribution in [3.8, 4) is 11.5 Å². The summed E-state index contributed by atoms with van der Waals surface area (Å²) < 4.78 is 31.4. The van der Waals surface area contributed by atoms with Gasteiger partial charge >= 0.3 is 11.9 Å². The van der Waals surface area contributed by atoms with E-state index < -0.39 is 24.8 Å². The zero-order chi connectivity index (χ0) is 22.2. The van der Waals surface area contributed by atoms with Crippen molar-refractivity contribution in [2.24, 2.45) is 0 Å². The van der Waals surface area contributed by atoms with Gasteiger partial charge in [0.05, 0.1) is 11.1 Å². The van der Waals surface area contributed by atoms with Crippen molar-refractivity contribution in [2.45, 2.75) is 54.4 Å². The van der Waals surface area contributed by atoms with Crippen LogP contribution in [0.25, 0.3) is 0 Å². The molecule has 0 aliphatic heterocycles. The highest BCUT2D eigenvalue weighted by molar-refractivity contribution is 5.96. The van der Waals surface area contributed by atoms with Crippen LogP contribution >= 0.6 is 0 Å². The van der Waals surface area contributed by atoms with Crippen LogP contribution in [-0.4, -0.2) is 28.6 Å². The van der Waals surface area contributed by atoms with Gasteiger partial charge in [0, 0.05) is 12.0 Å². The fourth-order valence-corrected chi connectivity index (χ4v) is 3.62. The Hall–Kier alpha value is -2.96. The molecule has 0 fully saturated rings. The molecule has 0 bridgehead atoms. The third kappa shape index (κ3) is 4.09. The van der Waals surface area contributed by atoms with E-state index in [9.17, 15) is 28.6 Å². The lowest BCUT2D eigenvalue weighted by Gasteiger charge is -2.20. The average Bonchev–Trinajstić information content (AvgIpc) is 2.60. The van der Waals surface area contributed by atoms with E-state index in [1.807, 2.05) is 0 Å². The number of phenols is 1. The number of aromatic hydroxyl groups is 1. The Bertz CT molecular complexity index is 980. The zero-order valence-electron chi connectivity index (χ0n) is 17.2. The van der Waals surface area contributed by atoms with E-state index in [0.717, 1.165) is 0 Å². The molecule has 29 heavy (non-hydrogen) atoms. The number of carboxylic acids is 1. The molecule has 0 amide bonds. The number of hydrogen-bond donors (Lipinski definition) is 2. The molecule has 0 aromatic heterocycles. The monoisotopic (exact) mass is 406 g/mol. The van der Waals surface area contributed by atoms with Crippen LogP contribution in [0.4, 0.5) is 8.78 Å². The van der Waals surface area contributed by atoms with Gasteiger partial charge in [-0.15, -0.1) is 0 Å². The highest BCUT2D eigenvalue weighted by atomic mass is 19.3. The number of carbonyl (C=O) groups excluding carboxylic acids is 1. The molecule has 5 nitrogen and oxygen atoms in total. The summed E-state index contributed by atoms with van der Waals surface area (Å²) >= 11 is 0. The molecule has 2 N–H and O–H groups in total. The van der Waals surface area contributed by atoms with Crippen LogP contribution in [0.1, 0.15) is 59.7 Å². The number of carboxylic acid groups (broad SMARTS) is 1. The van der Waals surface area contributed by atoms with Crippen LogP contribution in [0.3, 0.4) is 0 Å². The summed E-state index contributed by atoms with van der Waals surface area (Å²) in [6.07, 6.45) is -3.36. The molecule has 0 aliphatic carbocycles. The summed E-state index contributed by atoms with van der Waals surface area (Å²) in [5.41, 5.74) is 2.90. The third-order valence-electron chi connectivity index (χ3n) is 5.41. The van der Waals surface area contributed by atoms with Crippen LogP contribution in [0.15, 0.2) is 6.07 Å². The number of aromatic carboxylic acids is 1. The second kappa shape index (κ2) is 8.19. The molecule has 0 saturated heterocycles. The fraction of sp³-hybridized carbons (Fsp3) is 0.364. The number of esters is 1. The molecule has 7 heteroatoms. The summed E-state index contributed by atoms with van der Waals surface area (Å²) in [5.74, 6) is -1.85. The largest absolute Gasteiger partial charge is 0.508 e. The van der Waals surface area contributed by atoms with Gasteiger partial charge in [0.15, 0.2) is 0 Å². The standard InChI is InChI=1S/C22H24F2O5/c1-9-7-16(25)15(8-17(23)24)14(6)18(9)22(28)29-20-12(4)10(2)19(21(26)27)11(3)13(20)5/h7,17,25H,8H2,1-6H3,(H,26,27). The van der Waals surface area contributed by atoms with Gasteiger partial charge in [-0.3, -0.25) is 0 Å². The summed E-state index contributed by atoms with van der Waals surface area (Å²) in [6.45, 7) is 9.68. The van der Waals surface area contributed by atoms with Crippen molar-refractivity contribution >= 4 is 11.9 Å². The predicted octanol–water partition coefficient (Wildman–Crippen LogP) is 4.97. The van der Waals surface area contributed by atoms with Gasteiger partial charge in [-0.05, 0) is 81.0 Å². The number of phenolic OH excluding ortho intramolecular Hbond substituents is 1. The summed E-state index contributed by atoms with van der Waals surface area (Å²) in [6, 6.07) is 1.27. The molecule has 0 saturated carbocycles. The minimum atomic E-state index is -2.68. The number of halogens is 2. The summed E-state index contributed by atoms with van der Waals surface area (Å²) in [5, 5.41) is 19.5. The summed E-state index contributed by atoms with van der Waals surface area (Å²) in [7, 11) is 0. The number of rotatable bonds is 5. The molecule has 0 radical (unpaired) electrons. The Kier molecular flexibility index (Phi) is 6.30. The van der Waals surface area contributed by atoms with E-state index in [1.54, 1.807) is 34.6 Å². The zero-order valence-corrected chi connectivity index (χ0v) is 17.2. The first-order chi connectivity index (χ1) is 13.4. The van der Waals surface area contributed by atoms with Crippen molar-refractivity contribution < 1.29 is 33.3 Å². The molecule has 0 aliphatic rings. The maximum absolute atomic E-state index is 12.9. The first-order valence-electron chi connectivity index (χ1n) is 9.04. The molecule has 0 unspecified atom stereocenters. The highest BCUT2D eigenvalue weighted by Crippen LogP contribution is 2.35. The van der Waals surface area contributed by atoms with E-state index in [1.165, 1.54) is 13.0 Å². The lowest BCUT2D eigenvalue weighted by molar-refractivity contribution is 0.0694. The Morgan fingerprint density at radius 3 is 1.90 bits per heavy atom. The van der Waals surface area contributed by atoms with Crippen molar-refractivity contribution in [1.29, 1.82) is 0 Å². The van der Waals surface area contributed by atoms with Gasteiger partial charge in [0.25, 0.3) is 0 Å². The number of hydrogen-bond acceptors (Lipinski definition) is 4. The predicted molar refractivity (Wildman–Crippen MR) is 105 cm³/mol. The molecular formula is C22H24F2O5. The smallest absolute Gasteiger partial charge is 0.344 e. The molecule has 0 spiro atoms.